The minimum absolute atomic E-state index is 0.0259. The number of aryl methyl sites for hydroxylation is 4. The zero-order valence-electron chi connectivity index (χ0n) is 30.7. The molecule has 0 aromatic heterocycles. The van der Waals surface area contributed by atoms with Crippen molar-refractivity contribution in [3.8, 4) is 0 Å². The van der Waals surface area contributed by atoms with Crippen LogP contribution < -0.4 is 11.3 Å². The van der Waals surface area contributed by atoms with E-state index in [4.69, 9.17) is 20.1 Å². The second kappa shape index (κ2) is 18.0. The predicted molar refractivity (Wildman–Crippen MR) is 190 cm³/mol. The summed E-state index contributed by atoms with van der Waals surface area (Å²) in [6.07, 6.45) is -0.853. The first-order valence-electron chi connectivity index (χ1n) is 16.3. The Morgan fingerprint density at radius 3 is 1.50 bits per heavy atom. The molecule has 50 heavy (non-hydrogen) atoms. The second-order valence-electron chi connectivity index (χ2n) is 12.8. The van der Waals surface area contributed by atoms with Crippen molar-refractivity contribution in [3.63, 3.8) is 0 Å². The van der Waals surface area contributed by atoms with E-state index in [0.29, 0.717) is 11.1 Å². The number of hydrazine groups is 2. The summed E-state index contributed by atoms with van der Waals surface area (Å²) in [5, 5.41) is 1.89. The summed E-state index contributed by atoms with van der Waals surface area (Å²) in [6, 6.07) is 19.9. The van der Waals surface area contributed by atoms with Gasteiger partial charge in [-0.05, 0) is 99.1 Å². The van der Waals surface area contributed by atoms with E-state index < -0.39 is 40.9 Å². The van der Waals surface area contributed by atoms with Gasteiger partial charge in [0, 0.05) is 11.1 Å². The fraction of sp³-hybridized carbons (Fsp3) is 0.395. The Hall–Kier alpha value is -5.23. The molecule has 0 aliphatic heterocycles. The van der Waals surface area contributed by atoms with Crippen molar-refractivity contribution >= 4 is 29.8 Å². The van der Waals surface area contributed by atoms with Gasteiger partial charge in [0.05, 0.1) is 13.2 Å². The maximum atomic E-state index is 13.3. The molecule has 12 nitrogen and oxygen atoms in total. The third-order valence-corrected chi connectivity index (χ3v) is 7.49. The highest BCUT2D eigenvalue weighted by molar-refractivity contribution is 5.99. The van der Waals surface area contributed by atoms with Crippen molar-refractivity contribution in [1.29, 1.82) is 0 Å². The highest BCUT2D eigenvalue weighted by Crippen LogP contribution is 2.21. The first-order chi connectivity index (χ1) is 23.3. The van der Waals surface area contributed by atoms with Gasteiger partial charge < -0.3 is 14.2 Å². The maximum Gasteiger partial charge on any atom is 0.426 e. The van der Waals surface area contributed by atoms with E-state index in [-0.39, 0.29) is 19.8 Å². The van der Waals surface area contributed by atoms with E-state index in [1.165, 1.54) is 13.8 Å². The molecular formula is C38H50N4O8. The van der Waals surface area contributed by atoms with Crippen molar-refractivity contribution < 1.29 is 38.2 Å². The number of esters is 2. The Kier molecular flexibility index (Phi) is 14.7. The lowest BCUT2D eigenvalue weighted by molar-refractivity contribution is -0.155. The van der Waals surface area contributed by atoms with E-state index in [1.807, 2.05) is 70.2 Å². The van der Waals surface area contributed by atoms with E-state index >= 15 is 0 Å². The molecule has 0 radical (unpaired) electrons. The lowest BCUT2D eigenvalue weighted by atomic mass is 10.0. The van der Waals surface area contributed by atoms with Gasteiger partial charge in [-0.1, -0.05) is 64.7 Å². The van der Waals surface area contributed by atoms with E-state index in [1.54, 1.807) is 52.0 Å². The van der Waals surface area contributed by atoms with Crippen LogP contribution in [0.2, 0.25) is 0 Å². The molecule has 0 fully saturated rings. The second-order valence-corrected chi connectivity index (χ2v) is 12.8. The average Bonchev–Trinajstić information content (AvgIpc) is 3.05. The normalized spacial score (nSPS) is 10.9. The molecule has 3 aromatic rings. The molecule has 0 heterocycles. The first kappa shape index (κ1) is 40.9. The Bertz CT molecular complexity index is 1630. The number of ether oxygens (including phenoxy) is 3. The maximum absolute atomic E-state index is 13.3. The predicted octanol–water partition coefficient (Wildman–Crippen LogP) is 5.89. The SMILES string of the molecule is CCOC(=O)C(C)(C)N(N)C(=O)c1cc(C)cc(C)c1.CCOC(=O)C(C)(C)N(NC(=O)OCc1ccccc1)C(=O)c1cc(C)cc(C)c1. The molecule has 3 amide bonds. The number of nitrogens with two attached hydrogens (primary N) is 1. The van der Waals surface area contributed by atoms with Gasteiger partial charge in [0.15, 0.2) is 11.1 Å². The summed E-state index contributed by atoms with van der Waals surface area (Å²) in [6.45, 7) is 17.5. The lowest BCUT2D eigenvalue weighted by Crippen LogP contribution is -2.61. The Balaban J connectivity index is 0.000000377. The summed E-state index contributed by atoms with van der Waals surface area (Å²) in [5.41, 5.74) is 5.06. The zero-order valence-corrected chi connectivity index (χ0v) is 30.7. The highest BCUT2D eigenvalue weighted by atomic mass is 16.6. The molecular weight excluding hydrogens is 640 g/mol. The molecule has 0 saturated heterocycles. The number of benzene rings is 3. The van der Waals surface area contributed by atoms with Gasteiger partial charge in [-0.3, -0.25) is 14.6 Å². The highest BCUT2D eigenvalue weighted by Gasteiger charge is 2.42. The minimum atomic E-state index is -1.46. The monoisotopic (exact) mass is 690 g/mol. The summed E-state index contributed by atoms with van der Waals surface area (Å²) in [4.78, 5) is 62.5. The van der Waals surface area contributed by atoms with Crippen LogP contribution in [0.1, 0.15) is 90.1 Å². The molecule has 3 rings (SSSR count). The van der Waals surface area contributed by atoms with Crippen LogP contribution in [0.4, 0.5) is 4.79 Å². The van der Waals surface area contributed by atoms with Crippen LogP contribution >= 0.6 is 0 Å². The number of carbonyl (C=O) groups excluding carboxylic acids is 5. The smallest absolute Gasteiger partial charge is 0.426 e. The van der Waals surface area contributed by atoms with E-state index in [0.717, 1.165) is 37.8 Å². The molecule has 3 aromatic carbocycles. The largest absolute Gasteiger partial charge is 0.464 e. The number of rotatable bonds is 10. The molecule has 0 unspecified atom stereocenters. The minimum Gasteiger partial charge on any atom is -0.464 e. The van der Waals surface area contributed by atoms with Crippen molar-refractivity contribution in [2.75, 3.05) is 13.2 Å². The molecule has 0 aliphatic rings. The zero-order chi connectivity index (χ0) is 37.8. The number of hydrogen-bond acceptors (Lipinski definition) is 9. The van der Waals surface area contributed by atoms with Crippen molar-refractivity contribution in [2.45, 2.75) is 86.9 Å². The molecule has 0 aliphatic carbocycles. The Morgan fingerprint density at radius 2 is 1.06 bits per heavy atom. The van der Waals surface area contributed by atoms with Crippen LogP contribution in [-0.4, -0.2) is 64.2 Å². The van der Waals surface area contributed by atoms with Crippen LogP contribution in [-0.2, 0) is 30.4 Å². The number of nitrogens with one attached hydrogen (secondary N) is 1. The average molecular weight is 691 g/mol. The molecule has 0 atom stereocenters. The Labute approximate surface area is 294 Å². The molecule has 12 heteroatoms. The van der Waals surface area contributed by atoms with Gasteiger partial charge in [0.1, 0.15) is 6.61 Å². The van der Waals surface area contributed by atoms with E-state index in [9.17, 15) is 24.0 Å². The van der Waals surface area contributed by atoms with Crippen molar-refractivity contribution in [2.24, 2.45) is 5.84 Å². The molecule has 270 valence electrons. The van der Waals surface area contributed by atoms with Gasteiger partial charge in [0.25, 0.3) is 11.8 Å². The van der Waals surface area contributed by atoms with Crippen molar-refractivity contribution in [3.05, 3.63) is 106 Å². The summed E-state index contributed by atoms with van der Waals surface area (Å²) in [5.74, 6) is 3.71. The summed E-state index contributed by atoms with van der Waals surface area (Å²) < 4.78 is 15.3. The fourth-order valence-electron chi connectivity index (χ4n) is 4.81. The number of amides is 3. The fourth-order valence-corrected chi connectivity index (χ4v) is 4.81. The van der Waals surface area contributed by atoms with Gasteiger partial charge in [-0.25, -0.2) is 30.7 Å². The van der Waals surface area contributed by atoms with Gasteiger partial charge >= 0.3 is 18.0 Å². The first-order valence-corrected chi connectivity index (χ1v) is 16.3. The molecule has 0 spiro atoms. The third-order valence-electron chi connectivity index (χ3n) is 7.49. The standard InChI is InChI=1S/C23H28N2O5.C15H22N2O3/c1-6-29-21(27)23(4,5)25(20(26)19-13-16(2)12-17(3)14-19)24-22(28)30-15-18-10-8-7-9-11-18;1-6-20-14(19)15(4,5)17(16)13(18)12-8-10(2)7-11(3)9-12/h7-14H,6,15H2,1-5H3,(H,24,28);7-9H,6,16H2,1-5H3. The van der Waals surface area contributed by atoms with Crippen LogP contribution in [0.25, 0.3) is 0 Å². The molecule has 3 N–H and O–H groups in total. The van der Waals surface area contributed by atoms with Crippen LogP contribution in [0, 0.1) is 27.7 Å². The molecule has 0 bridgehead atoms. The lowest BCUT2D eigenvalue weighted by Gasteiger charge is -2.35. The third kappa shape index (κ3) is 11.2. The van der Waals surface area contributed by atoms with E-state index in [2.05, 4.69) is 5.43 Å². The van der Waals surface area contributed by atoms with Crippen molar-refractivity contribution in [1.82, 2.24) is 15.4 Å². The van der Waals surface area contributed by atoms with Gasteiger partial charge in [0.2, 0.25) is 0 Å². The topological polar surface area (TPSA) is 158 Å². The number of nitrogens with zero attached hydrogens (tertiary/aromatic N) is 2. The summed E-state index contributed by atoms with van der Waals surface area (Å²) in [7, 11) is 0. The molecule has 0 saturated carbocycles. The quantitative estimate of drug-likeness (QED) is 0.0870. The van der Waals surface area contributed by atoms with Crippen LogP contribution in [0.3, 0.4) is 0 Å². The van der Waals surface area contributed by atoms with Gasteiger partial charge in [-0.2, -0.15) is 0 Å². The number of carbonyl (C=O) groups is 5. The summed E-state index contributed by atoms with van der Waals surface area (Å²) >= 11 is 0. The van der Waals surface area contributed by atoms with Crippen LogP contribution in [0.15, 0.2) is 66.7 Å². The van der Waals surface area contributed by atoms with Gasteiger partial charge in [-0.15, -0.1) is 0 Å². The number of hydrogen-bond donors (Lipinski definition) is 2. The Morgan fingerprint density at radius 1 is 0.640 bits per heavy atom. The van der Waals surface area contributed by atoms with Crippen LogP contribution in [0.5, 0.6) is 0 Å².